The van der Waals surface area contributed by atoms with Crippen molar-refractivity contribution in [3.05, 3.63) is 11.6 Å². The summed E-state index contributed by atoms with van der Waals surface area (Å²) in [6.07, 6.45) is 3.55. The average molecular weight is 281 g/mol. The van der Waals surface area contributed by atoms with Crippen LogP contribution in [0, 0.1) is 5.41 Å². The van der Waals surface area contributed by atoms with Gasteiger partial charge in [-0.3, -0.25) is 4.90 Å². The summed E-state index contributed by atoms with van der Waals surface area (Å²) in [5.74, 6) is 0. The van der Waals surface area contributed by atoms with Crippen molar-refractivity contribution in [2.24, 2.45) is 5.41 Å². The molecule has 2 rings (SSSR count). The zero-order valence-electron chi connectivity index (χ0n) is 14.5. The van der Waals surface area contributed by atoms with Crippen LogP contribution in [0.1, 0.15) is 48.0 Å². The number of rotatable bonds is 0. The van der Waals surface area contributed by atoms with E-state index in [2.05, 4.69) is 63.2 Å². The lowest BCUT2D eigenvalue weighted by Gasteiger charge is -2.38. The van der Waals surface area contributed by atoms with Crippen molar-refractivity contribution < 1.29 is 0 Å². The second-order valence-electron chi connectivity index (χ2n) is 7.84. The van der Waals surface area contributed by atoms with Crippen LogP contribution < -0.4 is 10.6 Å². The maximum atomic E-state index is 3.35. The highest BCUT2D eigenvalue weighted by Gasteiger charge is 2.21. The molecule has 0 aromatic carbocycles. The molecule has 2 heterocycles. The number of piperazine rings is 1. The van der Waals surface area contributed by atoms with Crippen molar-refractivity contribution in [3.8, 4) is 0 Å². The molecule has 2 aliphatic heterocycles. The lowest BCUT2D eigenvalue weighted by Crippen LogP contribution is -2.51. The molecule has 1 fully saturated rings. The molecule has 0 unspecified atom stereocenters. The monoisotopic (exact) mass is 281 g/mol. The van der Waals surface area contributed by atoms with E-state index in [-0.39, 0.29) is 0 Å². The molecule has 0 amide bonds. The van der Waals surface area contributed by atoms with Gasteiger partial charge in [0.2, 0.25) is 0 Å². The van der Waals surface area contributed by atoms with Crippen LogP contribution in [0.15, 0.2) is 11.6 Å². The SMILES string of the molecule is CC(C)(C)C1=CCNCC1.CC(C)(C)N1CCNCC1. The van der Waals surface area contributed by atoms with Gasteiger partial charge < -0.3 is 10.6 Å². The Balaban J connectivity index is 0.000000200. The van der Waals surface area contributed by atoms with Gasteiger partial charge in [-0.25, -0.2) is 0 Å². The quantitative estimate of drug-likeness (QED) is 0.669. The van der Waals surface area contributed by atoms with E-state index in [4.69, 9.17) is 0 Å². The highest BCUT2D eigenvalue weighted by Crippen LogP contribution is 2.28. The van der Waals surface area contributed by atoms with Gasteiger partial charge in [-0.15, -0.1) is 0 Å². The summed E-state index contributed by atoms with van der Waals surface area (Å²) in [4.78, 5) is 2.52. The van der Waals surface area contributed by atoms with E-state index in [0.717, 1.165) is 26.2 Å². The zero-order chi connectivity index (χ0) is 15.2. The number of hydrogen-bond acceptors (Lipinski definition) is 3. The van der Waals surface area contributed by atoms with Gasteiger partial charge in [0.15, 0.2) is 0 Å². The van der Waals surface area contributed by atoms with Gasteiger partial charge in [-0.05, 0) is 39.2 Å². The molecular formula is C17H35N3. The van der Waals surface area contributed by atoms with Gasteiger partial charge in [0, 0.05) is 38.3 Å². The smallest absolute Gasteiger partial charge is 0.0137 e. The predicted octanol–water partition coefficient (Wildman–Crippen LogP) is 2.64. The molecule has 3 nitrogen and oxygen atoms in total. The third-order valence-corrected chi connectivity index (χ3v) is 4.09. The molecule has 0 aromatic heterocycles. The largest absolute Gasteiger partial charge is 0.314 e. The normalized spacial score (nSPS) is 21.8. The van der Waals surface area contributed by atoms with Crippen LogP contribution in [0.4, 0.5) is 0 Å². The van der Waals surface area contributed by atoms with Crippen molar-refractivity contribution >= 4 is 0 Å². The molecule has 0 radical (unpaired) electrons. The Morgan fingerprint density at radius 3 is 1.80 bits per heavy atom. The Labute approximate surface area is 126 Å². The topological polar surface area (TPSA) is 27.3 Å². The molecule has 1 saturated heterocycles. The summed E-state index contributed by atoms with van der Waals surface area (Å²) < 4.78 is 0. The summed E-state index contributed by atoms with van der Waals surface area (Å²) >= 11 is 0. The molecule has 0 spiro atoms. The predicted molar refractivity (Wildman–Crippen MR) is 89.2 cm³/mol. The zero-order valence-corrected chi connectivity index (χ0v) is 14.5. The first kappa shape index (κ1) is 17.7. The molecule has 2 aliphatic rings. The highest BCUT2D eigenvalue weighted by molar-refractivity contribution is 5.13. The van der Waals surface area contributed by atoms with Gasteiger partial charge in [-0.1, -0.05) is 32.4 Å². The van der Waals surface area contributed by atoms with Gasteiger partial charge in [0.25, 0.3) is 0 Å². The summed E-state index contributed by atoms with van der Waals surface area (Å²) in [6, 6.07) is 0. The third kappa shape index (κ3) is 6.38. The lowest BCUT2D eigenvalue weighted by atomic mass is 9.83. The van der Waals surface area contributed by atoms with Crippen LogP contribution >= 0.6 is 0 Å². The van der Waals surface area contributed by atoms with E-state index >= 15 is 0 Å². The van der Waals surface area contributed by atoms with Gasteiger partial charge in [0.05, 0.1) is 0 Å². The van der Waals surface area contributed by atoms with Crippen LogP contribution in [0.3, 0.4) is 0 Å². The van der Waals surface area contributed by atoms with Gasteiger partial charge in [0.1, 0.15) is 0 Å². The van der Waals surface area contributed by atoms with Crippen LogP contribution in [0.25, 0.3) is 0 Å². The number of nitrogens with one attached hydrogen (secondary N) is 2. The fourth-order valence-electron chi connectivity index (χ4n) is 2.64. The van der Waals surface area contributed by atoms with Crippen molar-refractivity contribution in [2.45, 2.75) is 53.5 Å². The average Bonchev–Trinajstić information content (AvgIpc) is 2.40. The summed E-state index contributed by atoms with van der Waals surface area (Å²) in [6.45, 7) is 20.6. The van der Waals surface area contributed by atoms with E-state index in [1.165, 1.54) is 19.5 Å². The van der Waals surface area contributed by atoms with E-state index in [1.54, 1.807) is 5.57 Å². The molecule has 2 N–H and O–H groups in total. The molecular weight excluding hydrogens is 246 g/mol. The Hall–Kier alpha value is -0.380. The molecule has 0 aliphatic carbocycles. The Morgan fingerprint density at radius 1 is 0.900 bits per heavy atom. The first-order valence-corrected chi connectivity index (χ1v) is 8.07. The highest BCUT2D eigenvalue weighted by atomic mass is 15.2. The Bertz CT molecular complexity index is 301. The van der Waals surface area contributed by atoms with Gasteiger partial charge >= 0.3 is 0 Å². The molecule has 0 atom stereocenters. The van der Waals surface area contributed by atoms with Crippen molar-refractivity contribution in [1.82, 2.24) is 15.5 Å². The third-order valence-electron chi connectivity index (χ3n) is 4.09. The first-order chi connectivity index (χ1) is 9.21. The minimum Gasteiger partial charge on any atom is -0.314 e. The molecule has 20 heavy (non-hydrogen) atoms. The molecule has 0 saturated carbocycles. The second-order valence-corrected chi connectivity index (χ2v) is 7.84. The fourth-order valence-corrected chi connectivity index (χ4v) is 2.64. The summed E-state index contributed by atoms with van der Waals surface area (Å²) in [5, 5.41) is 6.66. The lowest BCUT2D eigenvalue weighted by molar-refractivity contribution is 0.119. The number of nitrogens with zero attached hydrogens (tertiary/aromatic N) is 1. The van der Waals surface area contributed by atoms with Crippen molar-refractivity contribution in [3.63, 3.8) is 0 Å². The van der Waals surface area contributed by atoms with E-state index in [9.17, 15) is 0 Å². The maximum absolute atomic E-state index is 3.35. The standard InChI is InChI=1S/C9H17N.C8H18N2/c1-9(2,3)8-4-6-10-7-5-8;1-8(2,3)10-6-4-9-5-7-10/h4,10H,5-7H2,1-3H3;9H,4-7H2,1-3H3. The number of hydrogen-bond donors (Lipinski definition) is 2. The Kier molecular flexibility index (Phi) is 6.70. The minimum atomic E-state index is 0.363. The first-order valence-electron chi connectivity index (χ1n) is 8.07. The van der Waals surface area contributed by atoms with E-state index < -0.39 is 0 Å². The molecule has 0 aromatic rings. The Morgan fingerprint density at radius 2 is 1.50 bits per heavy atom. The summed E-state index contributed by atoms with van der Waals surface area (Å²) in [7, 11) is 0. The van der Waals surface area contributed by atoms with Crippen molar-refractivity contribution in [1.29, 1.82) is 0 Å². The fraction of sp³-hybridized carbons (Fsp3) is 0.882. The van der Waals surface area contributed by atoms with Crippen molar-refractivity contribution in [2.75, 3.05) is 39.3 Å². The summed E-state index contributed by atoms with van der Waals surface area (Å²) in [5.41, 5.74) is 2.36. The van der Waals surface area contributed by atoms with Crippen LogP contribution in [-0.4, -0.2) is 49.7 Å². The van der Waals surface area contributed by atoms with Crippen LogP contribution in [0.5, 0.6) is 0 Å². The van der Waals surface area contributed by atoms with E-state index in [1.807, 2.05) is 0 Å². The van der Waals surface area contributed by atoms with Crippen LogP contribution in [-0.2, 0) is 0 Å². The molecule has 0 bridgehead atoms. The molecule has 118 valence electrons. The van der Waals surface area contributed by atoms with Crippen LogP contribution in [0.2, 0.25) is 0 Å². The maximum Gasteiger partial charge on any atom is 0.0137 e. The second kappa shape index (κ2) is 7.58. The van der Waals surface area contributed by atoms with Gasteiger partial charge in [-0.2, -0.15) is 0 Å². The minimum absolute atomic E-state index is 0.363. The van der Waals surface area contributed by atoms with E-state index in [0.29, 0.717) is 11.0 Å². The molecule has 3 heteroatoms.